The van der Waals surface area contributed by atoms with Gasteiger partial charge in [0, 0.05) is 22.4 Å². The van der Waals surface area contributed by atoms with Crippen molar-refractivity contribution >= 4 is 15.9 Å². The third kappa shape index (κ3) is 5.17. The highest BCUT2D eigenvalue weighted by atomic mass is 79.9. The Hall–Kier alpha value is -0.410. The number of pyridine rings is 1. The van der Waals surface area contributed by atoms with Crippen molar-refractivity contribution in [2.24, 2.45) is 5.41 Å². The second-order valence-corrected chi connectivity index (χ2v) is 6.40. The predicted octanol–water partition coefficient (Wildman–Crippen LogP) is 3.80. The van der Waals surface area contributed by atoms with E-state index in [1.807, 2.05) is 6.20 Å². The molecule has 0 radical (unpaired) electrons. The van der Waals surface area contributed by atoms with Crippen LogP contribution in [0.4, 0.5) is 0 Å². The molecule has 0 saturated carbocycles. The zero-order chi connectivity index (χ0) is 12.9. The molecule has 0 amide bonds. The largest absolute Gasteiger partial charge is 0.314 e. The van der Waals surface area contributed by atoms with E-state index in [9.17, 15) is 0 Å². The van der Waals surface area contributed by atoms with Crippen LogP contribution in [0.1, 0.15) is 39.8 Å². The van der Waals surface area contributed by atoms with Crippen LogP contribution in [0.5, 0.6) is 0 Å². The summed E-state index contributed by atoms with van der Waals surface area (Å²) in [7, 11) is 0. The van der Waals surface area contributed by atoms with E-state index in [1.54, 1.807) is 0 Å². The van der Waals surface area contributed by atoms with Crippen LogP contribution in [0.15, 0.2) is 22.8 Å². The first-order valence-corrected chi connectivity index (χ1v) is 7.06. The van der Waals surface area contributed by atoms with Crippen molar-refractivity contribution in [3.05, 3.63) is 28.5 Å². The third-order valence-corrected chi connectivity index (χ3v) is 3.44. The van der Waals surface area contributed by atoms with Gasteiger partial charge in [0.25, 0.3) is 0 Å². The maximum Gasteiger partial charge on any atom is 0.0413 e. The predicted molar refractivity (Wildman–Crippen MR) is 77.2 cm³/mol. The number of hydrogen-bond donors (Lipinski definition) is 1. The topological polar surface area (TPSA) is 24.9 Å². The number of nitrogens with one attached hydrogen (secondary N) is 1. The highest BCUT2D eigenvalue weighted by molar-refractivity contribution is 9.10. The first-order valence-electron chi connectivity index (χ1n) is 6.27. The molecule has 0 bridgehead atoms. The number of hydrogen-bond acceptors (Lipinski definition) is 2. The van der Waals surface area contributed by atoms with Crippen molar-refractivity contribution < 1.29 is 0 Å². The second-order valence-electron chi connectivity index (χ2n) is 5.48. The van der Waals surface area contributed by atoms with Crippen LogP contribution < -0.4 is 5.32 Å². The fraction of sp³-hybridized carbons (Fsp3) is 0.643. The average Bonchev–Trinajstić information content (AvgIpc) is 2.25. The molecule has 1 aromatic heterocycles. The van der Waals surface area contributed by atoms with Crippen LogP contribution in [0, 0.1) is 5.41 Å². The molecule has 0 saturated heterocycles. The van der Waals surface area contributed by atoms with E-state index >= 15 is 0 Å². The number of aromatic nitrogens is 1. The molecule has 3 heteroatoms. The lowest BCUT2D eigenvalue weighted by Crippen LogP contribution is -2.40. The summed E-state index contributed by atoms with van der Waals surface area (Å²) in [5.41, 5.74) is 1.46. The first-order chi connectivity index (χ1) is 7.93. The van der Waals surface area contributed by atoms with Crippen molar-refractivity contribution in [1.29, 1.82) is 0 Å². The van der Waals surface area contributed by atoms with Crippen LogP contribution in [-0.4, -0.2) is 17.6 Å². The molecular weight excluding hydrogens is 276 g/mol. The van der Waals surface area contributed by atoms with Gasteiger partial charge in [-0.05, 0) is 52.9 Å². The molecule has 96 valence electrons. The molecule has 0 aliphatic rings. The molecule has 2 nitrogen and oxygen atoms in total. The average molecular weight is 299 g/mol. The van der Waals surface area contributed by atoms with E-state index in [4.69, 9.17) is 0 Å². The zero-order valence-corrected chi connectivity index (χ0v) is 12.8. The number of aryl methyl sites for hydroxylation is 1. The van der Waals surface area contributed by atoms with Crippen molar-refractivity contribution in [1.82, 2.24) is 10.3 Å². The van der Waals surface area contributed by atoms with E-state index in [-0.39, 0.29) is 0 Å². The molecule has 0 aliphatic heterocycles. The molecule has 0 aromatic carbocycles. The highest BCUT2D eigenvalue weighted by Gasteiger charge is 2.23. The quantitative estimate of drug-likeness (QED) is 0.894. The second kappa shape index (κ2) is 6.50. The van der Waals surface area contributed by atoms with Gasteiger partial charge in [0.15, 0.2) is 0 Å². The van der Waals surface area contributed by atoms with Crippen LogP contribution >= 0.6 is 15.9 Å². The van der Waals surface area contributed by atoms with Crippen LogP contribution in [0.2, 0.25) is 0 Å². The Morgan fingerprint density at radius 2 is 2.06 bits per heavy atom. The molecular formula is C14H23BrN2. The van der Waals surface area contributed by atoms with Gasteiger partial charge in [0.2, 0.25) is 0 Å². The Balaban J connectivity index is 2.54. The first kappa shape index (κ1) is 14.7. The van der Waals surface area contributed by atoms with Crippen molar-refractivity contribution in [2.45, 2.75) is 46.6 Å². The van der Waals surface area contributed by atoms with E-state index in [0.717, 1.165) is 23.9 Å². The molecule has 1 rings (SSSR count). The van der Waals surface area contributed by atoms with Gasteiger partial charge in [0.1, 0.15) is 0 Å². The van der Waals surface area contributed by atoms with Crippen LogP contribution in [0.3, 0.4) is 0 Å². The van der Waals surface area contributed by atoms with Gasteiger partial charge in [-0.15, -0.1) is 0 Å². The van der Waals surface area contributed by atoms with Gasteiger partial charge in [-0.2, -0.15) is 0 Å². The number of rotatable bonds is 5. The van der Waals surface area contributed by atoms with E-state index < -0.39 is 0 Å². The minimum atomic E-state index is 0.297. The van der Waals surface area contributed by atoms with Gasteiger partial charge in [-0.3, -0.25) is 4.98 Å². The highest BCUT2D eigenvalue weighted by Crippen LogP contribution is 2.23. The minimum Gasteiger partial charge on any atom is -0.314 e. The SMILES string of the molecule is CCNC(CCc1ccc(Br)cn1)C(C)(C)C. The van der Waals surface area contributed by atoms with Gasteiger partial charge in [-0.25, -0.2) is 0 Å². The number of nitrogens with zero attached hydrogens (tertiary/aromatic N) is 1. The third-order valence-electron chi connectivity index (χ3n) is 2.97. The summed E-state index contributed by atoms with van der Waals surface area (Å²) < 4.78 is 1.04. The lowest BCUT2D eigenvalue weighted by atomic mass is 9.83. The molecule has 0 fully saturated rings. The van der Waals surface area contributed by atoms with Crippen molar-refractivity contribution in [2.75, 3.05) is 6.54 Å². The summed E-state index contributed by atoms with van der Waals surface area (Å²) >= 11 is 3.41. The molecule has 1 N–H and O–H groups in total. The monoisotopic (exact) mass is 298 g/mol. The summed E-state index contributed by atoms with van der Waals surface area (Å²) in [6.45, 7) is 10.0. The summed E-state index contributed by atoms with van der Waals surface area (Å²) in [4.78, 5) is 4.42. The zero-order valence-electron chi connectivity index (χ0n) is 11.3. The summed E-state index contributed by atoms with van der Waals surface area (Å²) in [5.74, 6) is 0. The molecule has 1 heterocycles. The van der Waals surface area contributed by atoms with Crippen molar-refractivity contribution in [3.63, 3.8) is 0 Å². The van der Waals surface area contributed by atoms with E-state index in [1.165, 1.54) is 5.69 Å². The lowest BCUT2D eigenvalue weighted by molar-refractivity contribution is 0.258. The molecule has 0 spiro atoms. The maximum absolute atomic E-state index is 4.42. The Morgan fingerprint density at radius 3 is 2.53 bits per heavy atom. The fourth-order valence-corrected chi connectivity index (χ4v) is 2.17. The molecule has 17 heavy (non-hydrogen) atoms. The Morgan fingerprint density at radius 1 is 1.35 bits per heavy atom. The van der Waals surface area contributed by atoms with Gasteiger partial charge in [0.05, 0.1) is 0 Å². The van der Waals surface area contributed by atoms with Crippen LogP contribution in [0.25, 0.3) is 0 Å². The lowest BCUT2D eigenvalue weighted by Gasteiger charge is -2.31. The normalized spacial score (nSPS) is 13.7. The number of halogens is 1. The molecule has 1 aromatic rings. The van der Waals surface area contributed by atoms with E-state index in [0.29, 0.717) is 11.5 Å². The summed E-state index contributed by atoms with van der Waals surface area (Å²) in [6.07, 6.45) is 4.03. The van der Waals surface area contributed by atoms with Gasteiger partial charge >= 0.3 is 0 Å². The fourth-order valence-electron chi connectivity index (χ4n) is 1.93. The van der Waals surface area contributed by atoms with E-state index in [2.05, 4.69) is 66.1 Å². The smallest absolute Gasteiger partial charge is 0.0413 e. The molecule has 1 unspecified atom stereocenters. The van der Waals surface area contributed by atoms with Gasteiger partial charge in [-0.1, -0.05) is 27.7 Å². The molecule has 1 atom stereocenters. The molecule has 0 aliphatic carbocycles. The standard InChI is InChI=1S/C14H23BrN2/c1-5-16-13(14(2,3)4)9-8-12-7-6-11(15)10-17-12/h6-7,10,13,16H,5,8-9H2,1-4H3. The van der Waals surface area contributed by atoms with Gasteiger partial charge < -0.3 is 5.32 Å². The summed E-state index contributed by atoms with van der Waals surface area (Å²) in [5, 5.41) is 3.57. The minimum absolute atomic E-state index is 0.297. The van der Waals surface area contributed by atoms with Crippen molar-refractivity contribution in [3.8, 4) is 0 Å². The Labute approximate surface area is 113 Å². The Bertz CT molecular complexity index is 327. The van der Waals surface area contributed by atoms with Crippen LogP contribution in [-0.2, 0) is 6.42 Å². The summed E-state index contributed by atoms with van der Waals surface area (Å²) in [6, 6.07) is 4.69. The maximum atomic E-state index is 4.42. The Kier molecular flexibility index (Phi) is 5.60.